The van der Waals surface area contributed by atoms with Crippen LogP contribution in [0.15, 0.2) is 71.6 Å². The van der Waals surface area contributed by atoms with Crippen LogP contribution in [0.5, 0.6) is 0 Å². The Bertz CT molecular complexity index is 1450. The maximum Gasteiger partial charge on any atom is 0.264 e. The molecule has 0 radical (unpaired) electrons. The largest absolute Gasteiger partial charge is 0.384 e. The molecular formula is C28H31Cl2N3O5S2. The van der Waals surface area contributed by atoms with Crippen molar-refractivity contribution in [3.8, 4) is 11.1 Å². The standard InChI is InChI=1S/C28H31Cl2N3O5S2/c1-18(34)27(35)33-40(37,38)26-8-3-2-7-24(26)23-10-9-20(15-25(23)30)16-31-11-12-32-28(36)21(17-39)13-19-5-4-6-22(29)14-19/h2-10,14-15,18,21,31,34,39H,11-13,16-17H2,1H3,(H,32,36)(H,33,35)/t18-,21+/m0/s1. The molecule has 8 nitrogen and oxygen atoms in total. The summed E-state index contributed by atoms with van der Waals surface area (Å²) in [6.45, 7) is 2.59. The lowest BCUT2D eigenvalue weighted by Gasteiger charge is -2.15. The Morgan fingerprint density at radius 2 is 1.68 bits per heavy atom. The van der Waals surface area contributed by atoms with Crippen molar-refractivity contribution in [3.05, 3.63) is 87.9 Å². The highest BCUT2D eigenvalue weighted by Crippen LogP contribution is 2.33. The van der Waals surface area contributed by atoms with Crippen LogP contribution >= 0.6 is 35.8 Å². The van der Waals surface area contributed by atoms with Crippen molar-refractivity contribution in [2.75, 3.05) is 18.8 Å². The normalized spacial score (nSPS) is 12.9. The van der Waals surface area contributed by atoms with E-state index < -0.39 is 22.0 Å². The maximum atomic E-state index is 12.8. The molecule has 12 heteroatoms. The van der Waals surface area contributed by atoms with E-state index in [1.54, 1.807) is 30.3 Å². The quantitative estimate of drug-likeness (QED) is 0.146. The lowest BCUT2D eigenvalue weighted by molar-refractivity contribution is -0.126. The van der Waals surface area contributed by atoms with E-state index in [1.807, 2.05) is 29.0 Å². The Hall–Kier alpha value is -2.60. The van der Waals surface area contributed by atoms with Crippen LogP contribution in [0, 0.1) is 5.92 Å². The predicted molar refractivity (Wildman–Crippen MR) is 161 cm³/mol. The van der Waals surface area contributed by atoms with Crippen molar-refractivity contribution in [1.29, 1.82) is 0 Å². The molecule has 0 heterocycles. The molecule has 0 unspecified atom stereocenters. The summed E-state index contributed by atoms with van der Waals surface area (Å²) in [6, 6.07) is 18.8. The van der Waals surface area contributed by atoms with Gasteiger partial charge in [-0.1, -0.05) is 65.7 Å². The third-order valence-corrected chi connectivity index (χ3v) is 8.40. The zero-order valence-corrected chi connectivity index (χ0v) is 25.0. The Balaban J connectivity index is 1.56. The first-order valence-electron chi connectivity index (χ1n) is 12.5. The second-order valence-corrected chi connectivity index (χ2v) is 12.0. The number of carbonyl (C=O) groups excluding carboxylic acids is 2. The van der Waals surface area contributed by atoms with Crippen molar-refractivity contribution in [2.45, 2.75) is 30.9 Å². The molecule has 0 fully saturated rings. The molecule has 0 aliphatic rings. The van der Waals surface area contributed by atoms with E-state index in [1.165, 1.54) is 19.1 Å². The number of hydrogen-bond donors (Lipinski definition) is 5. The lowest BCUT2D eigenvalue weighted by Crippen LogP contribution is -2.37. The maximum absolute atomic E-state index is 12.8. The first-order chi connectivity index (χ1) is 19.0. The van der Waals surface area contributed by atoms with E-state index in [2.05, 4.69) is 23.3 Å². The van der Waals surface area contributed by atoms with Gasteiger partial charge in [-0.05, 0) is 48.7 Å². The molecule has 0 spiro atoms. The van der Waals surface area contributed by atoms with E-state index in [9.17, 15) is 23.1 Å². The summed E-state index contributed by atoms with van der Waals surface area (Å²) >= 11 is 16.9. The van der Waals surface area contributed by atoms with Crippen molar-refractivity contribution in [3.63, 3.8) is 0 Å². The molecular weight excluding hydrogens is 593 g/mol. The van der Waals surface area contributed by atoms with Crippen molar-refractivity contribution in [2.24, 2.45) is 5.92 Å². The van der Waals surface area contributed by atoms with Crippen LogP contribution in [-0.2, 0) is 32.6 Å². The summed E-state index contributed by atoms with van der Waals surface area (Å²) in [5.74, 6) is -0.975. The third-order valence-electron chi connectivity index (χ3n) is 6.01. The molecule has 0 aliphatic carbocycles. The van der Waals surface area contributed by atoms with E-state index in [4.69, 9.17) is 23.2 Å². The van der Waals surface area contributed by atoms with Crippen LogP contribution in [0.3, 0.4) is 0 Å². The molecule has 0 bridgehead atoms. The van der Waals surface area contributed by atoms with Crippen LogP contribution in [0.2, 0.25) is 10.0 Å². The first-order valence-corrected chi connectivity index (χ1v) is 15.3. The second-order valence-electron chi connectivity index (χ2n) is 9.14. The number of nitrogens with one attached hydrogen (secondary N) is 3. The minimum Gasteiger partial charge on any atom is -0.384 e. The molecule has 0 saturated heterocycles. The highest BCUT2D eigenvalue weighted by Gasteiger charge is 2.24. The Kier molecular flexibility index (Phi) is 11.9. The summed E-state index contributed by atoms with van der Waals surface area (Å²) < 4.78 is 27.5. The number of sulfonamides is 1. The van der Waals surface area contributed by atoms with Gasteiger partial charge in [-0.15, -0.1) is 0 Å². The van der Waals surface area contributed by atoms with Gasteiger partial charge in [0, 0.05) is 46.6 Å². The number of benzene rings is 3. The van der Waals surface area contributed by atoms with E-state index in [0.29, 0.717) is 53.0 Å². The number of aliphatic hydroxyl groups is 1. The SMILES string of the molecule is C[C@H](O)C(=O)NS(=O)(=O)c1ccccc1-c1ccc(CNCCNC(=O)[C@@H](CS)Cc2cccc(Cl)c2)cc1Cl. The molecule has 2 atom stereocenters. The van der Waals surface area contributed by atoms with Crippen molar-refractivity contribution in [1.82, 2.24) is 15.4 Å². The lowest BCUT2D eigenvalue weighted by atomic mass is 10.0. The number of thiol groups is 1. The van der Waals surface area contributed by atoms with Gasteiger partial charge < -0.3 is 15.7 Å². The van der Waals surface area contributed by atoms with Gasteiger partial charge in [0.25, 0.3) is 15.9 Å². The molecule has 3 aromatic carbocycles. The van der Waals surface area contributed by atoms with Gasteiger partial charge in [0.2, 0.25) is 5.91 Å². The van der Waals surface area contributed by atoms with Crippen molar-refractivity contribution >= 4 is 57.7 Å². The van der Waals surface area contributed by atoms with Gasteiger partial charge in [-0.25, -0.2) is 13.1 Å². The van der Waals surface area contributed by atoms with E-state index in [-0.39, 0.29) is 16.7 Å². The van der Waals surface area contributed by atoms with Gasteiger partial charge in [0.1, 0.15) is 6.10 Å². The highest BCUT2D eigenvalue weighted by atomic mass is 35.5. The smallest absolute Gasteiger partial charge is 0.264 e. The van der Waals surface area contributed by atoms with E-state index >= 15 is 0 Å². The number of halogens is 2. The Morgan fingerprint density at radius 1 is 0.925 bits per heavy atom. The summed E-state index contributed by atoms with van der Waals surface area (Å²) in [5, 5.41) is 16.5. The van der Waals surface area contributed by atoms with Crippen LogP contribution in [0.25, 0.3) is 11.1 Å². The molecule has 0 saturated carbocycles. The molecule has 2 amide bonds. The average molecular weight is 625 g/mol. The third kappa shape index (κ3) is 8.95. The molecule has 4 N–H and O–H groups in total. The molecule has 3 rings (SSSR count). The molecule has 40 heavy (non-hydrogen) atoms. The Morgan fingerprint density at radius 3 is 2.35 bits per heavy atom. The van der Waals surface area contributed by atoms with Gasteiger partial charge in [0.05, 0.1) is 10.8 Å². The molecule has 3 aromatic rings. The van der Waals surface area contributed by atoms with Crippen LogP contribution in [0.1, 0.15) is 18.1 Å². The number of rotatable bonds is 13. The number of amides is 2. The average Bonchev–Trinajstić information content (AvgIpc) is 2.91. The monoisotopic (exact) mass is 623 g/mol. The number of aliphatic hydroxyl groups excluding tert-OH is 1. The van der Waals surface area contributed by atoms with Gasteiger partial charge >= 0.3 is 0 Å². The van der Waals surface area contributed by atoms with Gasteiger partial charge in [0.15, 0.2) is 0 Å². The molecule has 0 aromatic heterocycles. The van der Waals surface area contributed by atoms with Gasteiger partial charge in [-0.2, -0.15) is 12.6 Å². The number of hydrogen-bond acceptors (Lipinski definition) is 7. The zero-order chi connectivity index (χ0) is 29.3. The topological polar surface area (TPSA) is 125 Å². The molecule has 214 valence electrons. The van der Waals surface area contributed by atoms with Crippen LogP contribution in [0.4, 0.5) is 0 Å². The summed E-state index contributed by atoms with van der Waals surface area (Å²) in [6.07, 6.45) is -0.935. The van der Waals surface area contributed by atoms with E-state index in [0.717, 1.165) is 11.1 Å². The van der Waals surface area contributed by atoms with Gasteiger partial charge in [-0.3, -0.25) is 9.59 Å². The fourth-order valence-corrected chi connectivity index (χ4v) is 6.01. The minimum atomic E-state index is -4.24. The van der Waals surface area contributed by atoms with Crippen molar-refractivity contribution < 1.29 is 23.1 Å². The summed E-state index contributed by atoms with van der Waals surface area (Å²) in [7, 11) is -4.24. The van der Waals surface area contributed by atoms with Crippen LogP contribution < -0.4 is 15.4 Å². The predicted octanol–water partition coefficient (Wildman–Crippen LogP) is 3.84. The first kappa shape index (κ1) is 31.9. The Labute approximate surface area is 249 Å². The molecule has 0 aliphatic heterocycles. The highest BCUT2D eigenvalue weighted by molar-refractivity contribution is 7.90. The summed E-state index contributed by atoms with van der Waals surface area (Å²) in [5.41, 5.74) is 2.62. The summed E-state index contributed by atoms with van der Waals surface area (Å²) in [4.78, 5) is 24.3. The fourth-order valence-electron chi connectivity index (χ4n) is 3.92. The van der Waals surface area contributed by atoms with Crippen LogP contribution in [-0.4, -0.2) is 50.3 Å². The zero-order valence-electron chi connectivity index (χ0n) is 21.7. The number of carbonyl (C=O) groups is 2. The minimum absolute atomic E-state index is 0.0811. The second kappa shape index (κ2) is 14.9. The fraction of sp³-hybridized carbons (Fsp3) is 0.286.